The first-order chi connectivity index (χ1) is 10.1. The van der Waals surface area contributed by atoms with Crippen LogP contribution in [0.1, 0.15) is 27.6 Å². The van der Waals surface area contributed by atoms with E-state index in [2.05, 4.69) is 29.5 Å². The van der Waals surface area contributed by atoms with E-state index < -0.39 is 0 Å². The number of amidine groups is 1. The van der Waals surface area contributed by atoms with Gasteiger partial charge in [0.05, 0.1) is 11.1 Å². The fourth-order valence-corrected chi connectivity index (χ4v) is 3.65. The summed E-state index contributed by atoms with van der Waals surface area (Å²) < 4.78 is 13.4. The number of aliphatic imine (C=N–C) groups is 1. The lowest BCUT2D eigenvalue weighted by molar-refractivity contribution is 0.627. The van der Waals surface area contributed by atoms with Gasteiger partial charge in [0.2, 0.25) is 0 Å². The molecule has 0 saturated carbocycles. The minimum Gasteiger partial charge on any atom is -0.357 e. The zero-order chi connectivity index (χ0) is 15.0. The van der Waals surface area contributed by atoms with Gasteiger partial charge < -0.3 is 5.32 Å². The van der Waals surface area contributed by atoms with Crippen LogP contribution >= 0.6 is 22.9 Å². The Kier molecular flexibility index (Phi) is 3.83. The molecule has 108 valence electrons. The first kappa shape index (κ1) is 14.3. The first-order valence-corrected chi connectivity index (χ1v) is 7.82. The van der Waals surface area contributed by atoms with E-state index in [0.717, 1.165) is 4.88 Å². The molecule has 0 bridgehead atoms. The summed E-state index contributed by atoms with van der Waals surface area (Å²) in [7, 11) is 0. The fourth-order valence-electron chi connectivity index (χ4n) is 2.24. The second kappa shape index (κ2) is 5.62. The maximum atomic E-state index is 13.4. The Morgan fingerprint density at radius 1 is 1.33 bits per heavy atom. The highest BCUT2D eigenvalue weighted by molar-refractivity contribution is 7.10. The first-order valence-electron chi connectivity index (χ1n) is 6.56. The summed E-state index contributed by atoms with van der Waals surface area (Å²) >= 11 is 7.98. The van der Waals surface area contributed by atoms with Gasteiger partial charge in [-0.1, -0.05) is 23.7 Å². The van der Waals surface area contributed by atoms with Gasteiger partial charge in [-0.2, -0.15) is 0 Å². The Bertz CT molecular complexity index is 748. The third-order valence-corrected chi connectivity index (χ3v) is 5.14. The summed E-state index contributed by atoms with van der Waals surface area (Å²) in [4.78, 5) is 5.45. The van der Waals surface area contributed by atoms with Crippen LogP contribution in [0.15, 0.2) is 45.9 Å². The highest BCUT2D eigenvalue weighted by Crippen LogP contribution is 2.35. The molecular weight excluding hydrogens is 307 g/mol. The Labute approximate surface area is 132 Å². The molecule has 1 unspecified atom stereocenters. The van der Waals surface area contributed by atoms with Crippen molar-refractivity contribution in [3.8, 4) is 0 Å². The van der Waals surface area contributed by atoms with Gasteiger partial charge in [0.1, 0.15) is 11.7 Å². The SMILES string of the molecule is Cc1csc(C2NC(c3cccc(F)c3)=NC=C2Cl)c1C. The van der Waals surface area contributed by atoms with Gasteiger partial charge in [-0.25, -0.2) is 9.38 Å². The number of nitrogens with one attached hydrogen (secondary N) is 1. The topological polar surface area (TPSA) is 24.4 Å². The van der Waals surface area contributed by atoms with E-state index >= 15 is 0 Å². The molecule has 0 saturated heterocycles. The van der Waals surface area contributed by atoms with Crippen LogP contribution in [0.5, 0.6) is 0 Å². The van der Waals surface area contributed by atoms with Gasteiger partial charge in [-0.05, 0) is 42.5 Å². The van der Waals surface area contributed by atoms with Gasteiger partial charge in [-0.3, -0.25) is 0 Å². The molecule has 21 heavy (non-hydrogen) atoms. The van der Waals surface area contributed by atoms with Crippen molar-refractivity contribution < 1.29 is 4.39 Å². The predicted octanol–water partition coefficient (Wildman–Crippen LogP) is 4.68. The number of nitrogens with zero attached hydrogens (tertiary/aromatic N) is 1. The molecule has 1 atom stereocenters. The van der Waals surface area contributed by atoms with Crippen molar-refractivity contribution >= 4 is 28.8 Å². The van der Waals surface area contributed by atoms with Crippen LogP contribution in [-0.4, -0.2) is 5.84 Å². The number of hydrogen-bond donors (Lipinski definition) is 1. The lowest BCUT2D eigenvalue weighted by Crippen LogP contribution is -2.31. The Morgan fingerprint density at radius 2 is 2.14 bits per heavy atom. The van der Waals surface area contributed by atoms with Crippen molar-refractivity contribution in [1.82, 2.24) is 5.32 Å². The quantitative estimate of drug-likeness (QED) is 0.854. The molecule has 2 heterocycles. The number of hydrogen-bond acceptors (Lipinski definition) is 3. The van der Waals surface area contributed by atoms with Crippen molar-refractivity contribution in [3.05, 3.63) is 68.3 Å². The molecule has 1 aromatic heterocycles. The zero-order valence-electron chi connectivity index (χ0n) is 11.7. The normalized spacial score (nSPS) is 18.0. The molecule has 0 amide bonds. The maximum Gasteiger partial charge on any atom is 0.134 e. The zero-order valence-corrected chi connectivity index (χ0v) is 13.2. The molecule has 2 aromatic rings. The Balaban J connectivity index is 1.96. The standard InChI is InChI=1S/C16H14ClFN2S/c1-9-8-21-15(10(9)2)14-13(17)7-19-16(20-14)11-4-3-5-12(18)6-11/h3-8,14H,1-2H3,(H,19,20). The maximum absolute atomic E-state index is 13.4. The monoisotopic (exact) mass is 320 g/mol. The second-order valence-electron chi connectivity index (χ2n) is 4.99. The molecule has 5 heteroatoms. The summed E-state index contributed by atoms with van der Waals surface area (Å²) in [5.41, 5.74) is 3.19. The average molecular weight is 321 g/mol. The highest BCUT2D eigenvalue weighted by Gasteiger charge is 2.24. The highest BCUT2D eigenvalue weighted by atomic mass is 35.5. The van der Waals surface area contributed by atoms with Crippen LogP contribution in [0.4, 0.5) is 4.39 Å². The van der Waals surface area contributed by atoms with E-state index in [1.807, 2.05) is 6.07 Å². The lowest BCUT2D eigenvalue weighted by Gasteiger charge is -2.23. The average Bonchev–Trinajstić information content (AvgIpc) is 2.80. The molecule has 1 aliphatic heterocycles. The third-order valence-electron chi connectivity index (χ3n) is 3.56. The molecule has 1 aromatic carbocycles. The summed E-state index contributed by atoms with van der Waals surface area (Å²) in [5.74, 6) is 0.353. The largest absolute Gasteiger partial charge is 0.357 e. The summed E-state index contributed by atoms with van der Waals surface area (Å²) in [5, 5.41) is 6.06. The number of thiophene rings is 1. The molecule has 3 rings (SSSR count). The molecule has 0 spiro atoms. The van der Waals surface area contributed by atoms with Crippen LogP contribution < -0.4 is 5.32 Å². The molecule has 2 nitrogen and oxygen atoms in total. The molecule has 0 radical (unpaired) electrons. The van der Waals surface area contributed by atoms with Crippen molar-refractivity contribution in [1.29, 1.82) is 0 Å². The third kappa shape index (κ3) is 2.74. The van der Waals surface area contributed by atoms with Gasteiger partial charge in [0.25, 0.3) is 0 Å². The van der Waals surface area contributed by atoms with E-state index in [1.165, 1.54) is 23.3 Å². The summed E-state index contributed by atoms with van der Waals surface area (Å²) in [6, 6.07) is 6.25. The fraction of sp³-hybridized carbons (Fsp3) is 0.188. The predicted molar refractivity (Wildman–Crippen MR) is 86.5 cm³/mol. The van der Waals surface area contributed by atoms with Gasteiger partial charge >= 0.3 is 0 Å². The second-order valence-corrected chi connectivity index (χ2v) is 6.34. The van der Waals surface area contributed by atoms with Gasteiger partial charge in [0, 0.05) is 16.6 Å². The molecule has 1 aliphatic rings. The minimum atomic E-state index is -0.280. The molecule has 0 aliphatic carbocycles. The Morgan fingerprint density at radius 3 is 2.81 bits per heavy atom. The van der Waals surface area contributed by atoms with Crippen molar-refractivity contribution in [2.24, 2.45) is 4.99 Å². The number of halogens is 2. The minimum absolute atomic E-state index is 0.124. The number of rotatable bonds is 2. The van der Waals surface area contributed by atoms with E-state index in [9.17, 15) is 4.39 Å². The van der Waals surface area contributed by atoms with Crippen molar-refractivity contribution in [2.45, 2.75) is 19.9 Å². The van der Waals surface area contributed by atoms with E-state index in [1.54, 1.807) is 23.6 Å². The number of aryl methyl sites for hydroxylation is 1. The van der Waals surface area contributed by atoms with Crippen molar-refractivity contribution in [2.75, 3.05) is 0 Å². The van der Waals surface area contributed by atoms with Crippen LogP contribution in [0, 0.1) is 19.7 Å². The van der Waals surface area contributed by atoms with E-state index in [0.29, 0.717) is 16.4 Å². The van der Waals surface area contributed by atoms with E-state index in [-0.39, 0.29) is 11.9 Å². The van der Waals surface area contributed by atoms with Gasteiger partial charge in [-0.15, -0.1) is 11.3 Å². The van der Waals surface area contributed by atoms with E-state index in [4.69, 9.17) is 11.6 Å². The van der Waals surface area contributed by atoms with Crippen LogP contribution in [0.25, 0.3) is 0 Å². The van der Waals surface area contributed by atoms with Crippen molar-refractivity contribution in [3.63, 3.8) is 0 Å². The Hall–Kier alpha value is -1.65. The lowest BCUT2D eigenvalue weighted by atomic mass is 10.1. The summed E-state index contributed by atoms with van der Waals surface area (Å²) in [6.45, 7) is 4.16. The molecule has 0 fully saturated rings. The molecule has 1 N–H and O–H groups in total. The number of benzene rings is 1. The van der Waals surface area contributed by atoms with Crippen LogP contribution in [-0.2, 0) is 0 Å². The smallest absolute Gasteiger partial charge is 0.134 e. The summed E-state index contributed by atoms with van der Waals surface area (Å²) in [6.07, 6.45) is 1.64. The van der Waals surface area contributed by atoms with Crippen LogP contribution in [0.3, 0.4) is 0 Å². The van der Waals surface area contributed by atoms with Crippen LogP contribution in [0.2, 0.25) is 0 Å². The van der Waals surface area contributed by atoms with Gasteiger partial charge in [0.15, 0.2) is 0 Å². The molecular formula is C16H14ClFN2S.